The van der Waals surface area contributed by atoms with Crippen molar-refractivity contribution in [3.05, 3.63) is 0 Å². The van der Waals surface area contributed by atoms with E-state index in [1.54, 1.807) is 0 Å². The average molecular weight is 894 g/mol. The van der Waals surface area contributed by atoms with Crippen LogP contribution in [0.3, 0.4) is 0 Å². The number of amides is 3. The molecule has 0 aromatic heterocycles. The van der Waals surface area contributed by atoms with Gasteiger partial charge in [0.15, 0.2) is 18.9 Å². The Morgan fingerprint density at radius 2 is 1.23 bits per heavy atom. The fourth-order valence-electron chi connectivity index (χ4n) is 7.45. The van der Waals surface area contributed by atoms with Crippen molar-refractivity contribution in [1.82, 2.24) is 16.0 Å². The molecule has 3 amide bonds. The Hall–Kier alpha value is -2.92. The number of carbonyl (C=O) groups is 4. The van der Waals surface area contributed by atoms with Crippen molar-refractivity contribution in [2.45, 2.75) is 149 Å². The average Bonchev–Trinajstić information content (AvgIpc) is 3.21. The van der Waals surface area contributed by atoms with E-state index in [-0.39, 0.29) is 0 Å². The second-order valence-electron chi connectivity index (χ2n) is 14.8. The second-order valence-corrected chi connectivity index (χ2v) is 14.8. The molecular formula is C33H55N3O25. The van der Waals surface area contributed by atoms with Crippen LogP contribution in [0.4, 0.5) is 0 Å². The zero-order valence-electron chi connectivity index (χ0n) is 32.5. The molecule has 0 aromatic carbocycles. The van der Waals surface area contributed by atoms with Gasteiger partial charge < -0.3 is 121 Å². The Balaban J connectivity index is 1.85. The minimum atomic E-state index is -3.31. The van der Waals surface area contributed by atoms with Crippen molar-refractivity contribution in [2.75, 3.05) is 33.0 Å². The topological polar surface area (TPSA) is 452 Å². The van der Waals surface area contributed by atoms with Crippen LogP contribution in [-0.2, 0) is 52.3 Å². The highest BCUT2D eigenvalue weighted by Gasteiger charge is 2.61. The third kappa shape index (κ3) is 11.2. The number of carboxylic acids is 1. The highest BCUT2D eigenvalue weighted by molar-refractivity contribution is 5.78. The van der Waals surface area contributed by atoms with Crippen LogP contribution in [0.15, 0.2) is 0 Å². The fourth-order valence-corrected chi connectivity index (χ4v) is 7.45. The van der Waals surface area contributed by atoms with Crippen LogP contribution in [0.25, 0.3) is 0 Å². The van der Waals surface area contributed by atoms with Crippen molar-refractivity contribution in [2.24, 2.45) is 0 Å². The van der Waals surface area contributed by atoms with Gasteiger partial charge in [-0.15, -0.1) is 0 Å². The molecule has 4 aliphatic heterocycles. The summed E-state index contributed by atoms with van der Waals surface area (Å²) in [6, 6.07) is -5.22. The van der Waals surface area contributed by atoms with E-state index in [1.807, 2.05) is 0 Å². The highest BCUT2D eigenvalue weighted by Crippen LogP contribution is 2.40. The molecule has 0 aromatic rings. The predicted molar refractivity (Wildman–Crippen MR) is 187 cm³/mol. The number of carbonyl (C=O) groups excluding carboxylic acids is 3. The molecule has 0 spiro atoms. The first kappa shape index (κ1) is 50.7. The van der Waals surface area contributed by atoms with Gasteiger partial charge in [0.2, 0.25) is 17.7 Å². The predicted octanol–water partition coefficient (Wildman–Crippen LogP) is -11.1. The van der Waals surface area contributed by atoms with E-state index in [0.29, 0.717) is 0 Å². The van der Waals surface area contributed by atoms with Gasteiger partial charge in [-0.25, -0.2) is 4.79 Å². The molecule has 4 fully saturated rings. The van der Waals surface area contributed by atoms with E-state index in [2.05, 4.69) is 16.0 Å². The third-order valence-electron chi connectivity index (χ3n) is 10.5. The normalized spacial score (nSPS) is 42.8. The first-order chi connectivity index (χ1) is 28.7. The molecule has 4 rings (SSSR count). The largest absolute Gasteiger partial charge is 0.477 e. The lowest BCUT2D eigenvalue weighted by Gasteiger charge is -2.52. The molecule has 61 heavy (non-hydrogen) atoms. The van der Waals surface area contributed by atoms with E-state index in [4.69, 9.17) is 33.2 Å². The first-order valence-electron chi connectivity index (χ1n) is 18.9. The first-order valence-corrected chi connectivity index (χ1v) is 18.9. The third-order valence-corrected chi connectivity index (χ3v) is 10.5. The number of aliphatic hydroxyl groups is 13. The number of rotatable bonds is 17. The quantitative estimate of drug-likeness (QED) is 0.0644. The molecule has 28 heteroatoms. The molecule has 28 nitrogen and oxygen atoms in total. The molecule has 0 bridgehead atoms. The monoisotopic (exact) mass is 893 g/mol. The molecule has 4 saturated heterocycles. The van der Waals surface area contributed by atoms with Crippen LogP contribution >= 0.6 is 0 Å². The molecule has 17 N–H and O–H groups in total. The van der Waals surface area contributed by atoms with Gasteiger partial charge in [0.25, 0.3) is 5.79 Å². The highest BCUT2D eigenvalue weighted by atomic mass is 16.8. The molecule has 21 atom stereocenters. The fraction of sp³-hybridized carbons (Fsp3) is 0.879. The van der Waals surface area contributed by atoms with E-state index in [9.17, 15) is 90.7 Å². The van der Waals surface area contributed by atoms with Crippen LogP contribution in [0.1, 0.15) is 20.3 Å². The van der Waals surface area contributed by atoms with Gasteiger partial charge in [-0.1, -0.05) is 0 Å². The standard InChI is InChI=1S/C33H55N3O25/c1-9(42)34-18-23(50)21(48)13(5-38)56-30(18)58-25-15(7-40)57-31(59-26-19(35-10(2)43)29(52)55-14(6-39)22(26)49)24(51)28(25)61-33(32(53)54)3-11(44)17(36-16(46)8-41)27(60-33)20(47)12(45)4-37/h11-15,17-31,37-41,44-45,47-52H,3-8H2,1-2H3,(H,34,42)(H,35,43)(H,36,46)(H,53,54)/t11?,12?,13-,14-,15-,17?,18-,19-,20?,21+,22+,23-,24-,25+,26-,27?,28-,29?,30+,31+,33?/m1/s1. The number of aliphatic carboxylic acids is 1. The SMILES string of the molecule is CC(=O)N[C@H]1[C@H](O[C@@H]2[C@H](OC3(C(=O)O)CC(O)C(NC(=O)CO)C(C(O)C(O)CO)O3)[C@@H](O)[C@H](O[C@H]3[C@@H](O)[C@@H](CO)OC(O)[C@@H]3NC(C)=O)O[C@@H]2CO)O[C@H](CO)[C@H](O)[C@@H]1O. The van der Waals surface area contributed by atoms with Crippen molar-refractivity contribution in [3.63, 3.8) is 0 Å². The summed E-state index contributed by atoms with van der Waals surface area (Å²) >= 11 is 0. The lowest BCUT2D eigenvalue weighted by atomic mass is 9.88. The molecule has 352 valence electrons. The van der Waals surface area contributed by atoms with Gasteiger partial charge in [0, 0.05) is 20.3 Å². The molecule has 4 heterocycles. The summed E-state index contributed by atoms with van der Waals surface area (Å²) in [7, 11) is 0. The van der Waals surface area contributed by atoms with E-state index < -0.39 is 191 Å². The number of nitrogens with one attached hydrogen (secondary N) is 3. The lowest BCUT2D eigenvalue weighted by Crippen LogP contribution is -2.72. The second kappa shape index (κ2) is 21.6. The van der Waals surface area contributed by atoms with Gasteiger partial charge >= 0.3 is 5.97 Å². The van der Waals surface area contributed by atoms with Gasteiger partial charge in [-0.3, -0.25) is 14.4 Å². The minimum Gasteiger partial charge on any atom is -0.477 e. The molecule has 4 aliphatic rings. The Morgan fingerprint density at radius 1 is 0.672 bits per heavy atom. The maximum absolute atomic E-state index is 13.3. The number of aliphatic hydroxyl groups excluding tert-OH is 13. The van der Waals surface area contributed by atoms with Crippen molar-refractivity contribution in [3.8, 4) is 0 Å². The molecular weight excluding hydrogens is 838 g/mol. The zero-order chi connectivity index (χ0) is 45.7. The molecule has 0 saturated carbocycles. The molecule has 0 radical (unpaired) electrons. The van der Waals surface area contributed by atoms with E-state index >= 15 is 0 Å². The number of hydrogen-bond acceptors (Lipinski definition) is 24. The van der Waals surface area contributed by atoms with Crippen LogP contribution in [-0.4, -0.2) is 256 Å². The summed E-state index contributed by atoms with van der Waals surface area (Å²) in [6.45, 7) is -3.40. The zero-order valence-corrected chi connectivity index (χ0v) is 32.5. The Labute approximate surface area is 345 Å². The summed E-state index contributed by atoms with van der Waals surface area (Å²) in [6.07, 6.45) is -35.8. The Kier molecular flexibility index (Phi) is 18.0. The summed E-state index contributed by atoms with van der Waals surface area (Å²) in [5.74, 6) is -8.24. The summed E-state index contributed by atoms with van der Waals surface area (Å²) in [5, 5.41) is 154. The van der Waals surface area contributed by atoms with Crippen LogP contribution in [0.2, 0.25) is 0 Å². The molecule has 0 aliphatic carbocycles. The van der Waals surface area contributed by atoms with Crippen molar-refractivity contribution < 1.29 is 124 Å². The number of carboxylic acid groups (broad SMARTS) is 1. The summed E-state index contributed by atoms with van der Waals surface area (Å²) in [4.78, 5) is 49.7. The lowest BCUT2D eigenvalue weighted by molar-refractivity contribution is -0.397. The maximum Gasteiger partial charge on any atom is 0.364 e. The summed E-state index contributed by atoms with van der Waals surface area (Å²) < 4.78 is 40.1. The van der Waals surface area contributed by atoms with Crippen LogP contribution in [0, 0.1) is 0 Å². The summed E-state index contributed by atoms with van der Waals surface area (Å²) in [5.41, 5.74) is 0. The van der Waals surface area contributed by atoms with E-state index in [0.717, 1.165) is 13.8 Å². The minimum absolute atomic E-state index is 0.799. The smallest absolute Gasteiger partial charge is 0.364 e. The maximum atomic E-state index is 13.3. The Morgan fingerprint density at radius 3 is 1.77 bits per heavy atom. The number of ether oxygens (including phenoxy) is 7. The van der Waals surface area contributed by atoms with Crippen molar-refractivity contribution in [1.29, 1.82) is 0 Å². The van der Waals surface area contributed by atoms with Crippen LogP contribution < -0.4 is 16.0 Å². The van der Waals surface area contributed by atoms with Gasteiger partial charge in [0.1, 0.15) is 98.0 Å². The van der Waals surface area contributed by atoms with E-state index in [1.165, 1.54) is 0 Å². The van der Waals surface area contributed by atoms with Crippen molar-refractivity contribution >= 4 is 23.7 Å². The molecule has 7 unspecified atom stereocenters. The van der Waals surface area contributed by atoms with Crippen LogP contribution in [0.5, 0.6) is 0 Å². The van der Waals surface area contributed by atoms with Gasteiger partial charge in [0.05, 0.1) is 38.6 Å². The number of hydrogen-bond donors (Lipinski definition) is 17. The Bertz CT molecular complexity index is 1480. The van der Waals surface area contributed by atoms with Gasteiger partial charge in [-0.2, -0.15) is 0 Å². The van der Waals surface area contributed by atoms with Gasteiger partial charge in [-0.05, 0) is 0 Å².